The molecule has 0 aliphatic carbocycles. The number of carboxylic acid groups (broad SMARTS) is 1. The van der Waals surface area contributed by atoms with E-state index in [1.807, 2.05) is 4.90 Å². The van der Waals surface area contributed by atoms with E-state index in [0.29, 0.717) is 19.2 Å². The van der Waals surface area contributed by atoms with Crippen molar-refractivity contribution in [1.29, 1.82) is 0 Å². The van der Waals surface area contributed by atoms with Crippen LogP contribution in [0.2, 0.25) is 0 Å². The van der Waals surface area contributed by atoms with Crippen molar-refractivity contribution in [1.82, 2.24) is 14.7 Å². The molecule has 118 valence electrons. The maximum absolute atomic E-state index is 12.6. The molecule has 0 saturated carbocycles. The second kappa shape index (κ2) is 6.19. The summed E-state index contributed by atoms with van der Waals surface area (Å²) in [4.78, 5) is 29.6. The molecule has 1 N–H and O–H groups in total. The third kappa shape index (κ3) is 3.13. The molecule has 0 aromatic heterocycles. The van der Waals surface area contributed by atoms with E-state index in [4.69, 9.17) is 9.84 Å². The average molecular weight is 297 g/mol. The van der Waals surface area contributed by atoms with E-state index >= 15 is 0 Å². The number of nitrogens with zero attached hydrogens (tertiary/aromatic N) is 3. The zero-order valence-electron chi connectivity index (χ0n) is 12.2. The first kappa shape index (κ1) is 14.6. The van der Waals surface area contributed by atoms with Crippen LogP contribution in [0.15, 0.2) is 0 Å². The summed E-state index contributed by atoms with van der Waals surface area (Å²) in [5, 5.41) is 9.02. The van der Waals surface area contributed by atoms with E-state index in [0.717, 1.165) is 32.6 Å². The van der Waals surface area contributed by atoms with Gasteiger partial charge < -0.3 is 19.6 Å². The summed E-state index contributed by atoms with van der Waals surface area (Å²) >= 11 is 0. The summed E-state index contributed by atoms with van der Waals surface area (Å²) in [6, 6.07) is 0.447. The van der Waals surface area contributed by atoms with E-state index in [9.17, 15) is 9.59 Å². The fraction of sp³-hybridized carbons (Fsp3) is 0.857. The number of morpholine rings is 1. The van der Waals surface area contributed by atoms with E-state index in [2.05, 4.69) is 4.90 Å². The van der Waals surface area contributed by atoms with E-state index in [-0.39, 0.29) is 12.6 Å². The normalized spacial score (nSPS) is 30.9. The van der Waals surface area contributed by atoms with Gasteiger partial charge in [0.15, 0.2) is 6.10 Å². The number of carbonyl (C=O) groups is 2. The summed E-state index contributed by atoms with van der Waals surface area (Å²) in [5.41, 5.74) is 0. The fourth-order valence-electron chi connectivity index (χ4n) is 3.50. The lowest BCUT2D eigenvalue weighted by molar-refractivity contribution is -0.154. The van der Waals surface area contributed by atoms with Gasteiger partial charge in [-0.25, -0.2) is 9.59 Å². The first-order chi connectivity index (χ1) is 10.1. The predicted molar refractivity (Wildman–Crippen MR) is 75.1 cm³/mol. The van der Waals surface area contributed by atoms with Gasteiger partial charge in [0.2, 0.25) is 0 Å². The van der Waals surface area contributed by atoms with E-state index in [1.54, 1.807) is 4.90 Å². The van der Waals surface area contributed by atoms with Crippen molar-refractivity contribution in [3.63, 3.8) is 0 Å². The molecule has 0 spiro atoms. The van der Waals surface area contributed by atoms with Gasteiger partial charge in [-0.15, -0.1) is 0 Å². The molecule has 7 heteroatoms. The lowest BCUT2D eigenvalue weighted by atomic mass is 10.00. The maximum atomic E-state index is 12.6. The first-order valence-electron chi connectivity index (χ1n) is 7.77. The van der Waals surface area contributed by atoms with Gasteiger partial charge in [0.25, 0.3) is 0 Å². The van der Waals surface area contributed by atoms with Crippen LogP contribution in [0.3, 0.4) is 0 Å². The number of aliphatic carboxylic acids is 1. The Morgan fingerprint density at radius 2 is 1.81 bits per heavy atom. The number of ether oxygens (including phenoxy) is 1. The van der Waals surface area contributed by atoms with Gasteiger partial charge in [-0.1, -0.05) is 6.42 Å². The molecule has 7 nitrogen and oxygen atoms in total. The molecule has 3 saturated heterocycles. The number of carbonyl (C=O) groups excluding carboxylic acids is 1. The molecular weight excluding hydrogens is 274 g/mol. The van der Waals surface area contributed by atoms with Crippen LogP contribution in [-0.2, 0) is 9.53 Å². The quantitative estimate of drug-likeness (QED) is 0.741. The van der Waals surface area contributed by atoms with Crippen LogP contribution >= 0.6 is 0 Å². The lowest BCUT2D eigenvalue weighted by Crippen LogP contribution is -2.60. The van der Waals surface area contributed by atoms with Gasteiger partial charge in [0.05, 0.1) is 13.2 Å². The lowest BCUT2D eigenvalue weighted by Gasteiger charge is -2.45. The van der Waals surface area contributed by atoms with Gasteiger partial charge in [-0.3, -0.25) is 4.90 Å². The van der Waals surface area contributed by atoms with E-state index in [1.165, 1.54) is 12.8 Å². The molecule has 2 atom stereocenters. The van der Waals surface area contributed by atoms with Crippen molar-refractivity contribution in [2.45, 2.75) is 31.4 Å². The Labute approximate surface area is 124 Å². The highest BCUT2D eigenvalue weighted by molar-refractivity contribution is 5.77. The molecule has 2 unspecified atom stereocenters. The van der Waals surface area contributed by atoms with Crippen molar-refractivity contribution in [3.8, 4) is 0 Å². The first-order valence-corrected chi connectivity index (χ1v) is 7.77. The van der Waals surface area contributed by atoms with Gasteiger partial charge in [0, 0.05) is 32.2 Å². The second-order valence-corrected chi connectivity index (χ2v) is 6.06. The largest absolute Gasteiger partial charge is 0.479 e. The standard InChI is InChI=1S/C14H23N3O4/c18-13(19)12-10-17(7-8-21-12)14(20)16-6-5-15-4-2-1-3-11(15)9-16/h11-12H,1-10H2,(H,18,19). The number of fused-ring (bicyclic) bond motifs is 1. The smallest absolute Gasteiger partial charge is 0.334 e. The average Bonchev–Trinajstić information content (AvgIpc) is 2.53. The Bertz CT molecular complexity index is 417. The van der Waals surface area contributed by atoms with Gasteiger partial charge >= 0.3 is 12.0 Å². The number of hydrogen-bond acceptors (Lipinski definition) is 4. The summed E-state index contributed by atoms with van der Waals surface area (Å²) in [7, 11) is 0. The Morgan fingerprint density at radius 1 is 1.00 bits per heavy atom. The van der Waals surface area contributed by atoms with Crippen LogP contribution in [0.4, 0.5) is 4.79 Å². The van der Waals surface area contributed by atoms with Crippen LogP contribution in [0.1, 0.15) is 19.3 Å². The number of piperazine rings is 1. The molecular formula is C14H23N3O4. The van der Waals surface area contributed by atoms with Crippen molar-refractivity contribution in [3.05, 3.63) is 0 Å². The number of amides is 2. The Morgan fingerprint density at radius 3 is 2.62 bits per heavy atom. The fourth-order valence-corrected chi connectivity index (χ4v) is 3.50. The van der Waals surface area contributed by atoms with Crippen LogP contribution in [0.25, 0.3) is 0 Å². The maximum Gasteiger partial charge on any atom is 0.334 e. The molecule has 2 amide bonds. The SMILES string of the molecule is O=C(O)C1CN(C(=O)N2CCN3CCCCC3C2)CCO1. The zero-order chi connectivity index (χ0) is 14.8. The number of urea groups is 1. The third-order valence-corrected chi connectivity index (χ3v) is 4.72. The number of rotatable bonds is 1. The number of carboxylic acids is 1. The van der Waals surface area contributed by atoms with Gasteiger partial charge in [-0.05, 0) is 19.4 Å². The molecule has 3 rings (SSSR count). The minimum absolute atomic E-state index is 0.0326. The topological polar surface area (TPSA) is 73.3 Å². The molecule has 21 heavy (non-hydrogen) atoms. The third-order valence-electron chi connectivity index (χ3n) is 4.72. The van der Waals surface area contributed by atoms with Crippen LogP contribution in [0, 0.1) is 0 Å². The van der Waals surface area contributed by atoms with Crippen molar-refractivity contribution in [2.75, 3.05) is 45.9 Å². The molecule has 3 fully saturated rings. The summed E-state index contributed by atoms with van der Waals surface area (Å²) in [6.45, 7) is 4.52. The molecule has 3 aliphatic heterocycles. The number of hydrogen-bond donors (Lipinski definition) is 1. The number of piperidine rings is 1. The molecule has 0 aromatic carbocycles. The molecule has 3 heterocycles. The molecule has 0 aromatic rings. The highest BCUT2D eigenvalue weighted by Crippen LogP contribution is 2.22. The van der Waals surface area contributed by atoms with Crippen molar-refractivity contribution in [2.24, 2.45) is 0 Å². The summed E-state index contributed by atoms with van der Waals surface area (Å²) < 4.78 is 5.17. The summed E-state index contributed by atoms with van der Waals surface area (Å²) in [5.74, 6) is -0.996. The second-order valence-electron chi connectivity index (χ2n) is 6.06. The van der Waals surface area contributed by atoms with Gasteiger partial charge in [0.1, 0.15) is 0 Å². The molecule has 3 aliphatic rings. The highest BCUT2D eigenvalue weighted by Gasteiger charge is 2.35. The van der Waals surface area contributed by atoms with Crippen LogP contribution in [0.5, 0.6) is 0 Å². The molecule has 0 bridgehead atoms. The van der Waals surface area contributed by atoms with Crippen LogP contribution < -0.4 is 0 Å². The minimum atomic E-state index is -0.996. The van der Waals surface area contributed by atoms with Crippen molar-refractivity contribution >= 4 is 12.0 Å². The van der Waals surface area contributed by atoms with Crippen LogP contribution in [-0.4, -0.2) is 89.8 Å². The minimum Gasteiger partial charge on any atom is -0.479 e. The Balaban J connectivity index is 1.58. The van der Waals surface area contributed by atoms with Crippen molar-refractivity contribution < 1.29 is 19.4 Å². The Kier molecular flexibility index (Phi) is 4.30. The predicted octanol–water partition coefficient (Wildman–Crippen LogP) is 0.0619. The highest BCUT2D eigenvalue weighted by atomic mass is 16.5. The monoisotopic (exact) mass is 297 g/mol. The zero-order valence-corrected chi connectivity index (χ0v) is 12.2. The van der Waals surface area contributed by atoms with E-state index < -0.39 is 12.1 Å². The summed E-state index contributed by atoms with van der Waals surface area (Å²) in [6.07, 6.45) is 2.76. The molecule has 0 radical (unpaired) electrons. The Hall–Kier alpha value is -1.34. The van der Waals surface area contributed by atoms with Gasteiger partial charge in [-0.2, -0.15) is 0 Å².